The van der Waals surface area contributed by atoms with Gasteiger partial charge < -0.3 is 4.74 Å². The van der Waals surface area contributed by atoms with Gasteiger partial charge in [0.1, 0.15) is 5.54 Å². The van der Waals surface area contributed by atoms with Gasteiger partial charge in [0.15, 0.2) is 0 Å². The van der Waals surface area contributed by atoms with Crippen molar-refractivity contribution in [2.45, 2.75) is 46.3 Å². The maximum atomic E-state index is 6.09. The summed E-state index contributed by atoms with van der Waals surface area (Å²) in [6.45, 7) is 10.1. The molecule has 0 amide bonds. The first-order chi connectivity index (χ1) is 17.1. The predicted molar refractivity (Wildman–Crippen MR) is 144 cm³/mol. The Hall–Kier alpha value is -3.92. The van der Waals surface area contributed by atoms with E-state index in [0.29, 0.717) is 5.88 Å². The highest BCUT2D eigenvalue weighted by atomic mass is 16.5. The second kappa shape index (κ2) is 10.6. The summed E-state index contributed by atoms with van der Waals surface area (Å²) in [5.74, 6) is 0.620. The number of fused-ring (bicyclic) bond motifs is 1. The Bertz CT molecular complexity index is 1260. The molecule has 0 bridgehead atoms. The van der Waals surface area contributed by atoms with Crippen LogP contribution in [0.3, 0.4) is 0 Å². The van der Waals surface area contributed by atoms with Crippen LogP contribution in [0.5, 0.6) is 5.88 Å². The predicted octanol–water partition coefficient (Wildman–Crippen LogP) is 7.39. The summed E-state index contributed by atoms with van der Waals surface area (Å²) in [4.78, 5) is 4.55. The molecule has 0 atom stereocenters. The van der Waals surface area contributed by atoms with Gasteiger partial charge in [0.2, 0.25) is 5.88 Å². The summed E-state index contributed by atoms with van der Waals surface area (Å²) >= 11 is 0. The molecule has 0 unspecified atom stereocenters. The van der Waals surface area contributed by atoms with E-state index in [2.05, 4.69) is 101 Å². The Labute approximate surface area is 208 Å². The van der Waals surface area contributed by atoms with Crippen LogP contribution < -0.4 is 4.74 Å². The standard InChI is InChI=1S/C29H27N3O.C2H6/c1-21(2)33-28-27-22(3)31-32(26(27)19-20-30-28)29(23-13-7-4-8-14-23,24-15-9-5-10-16-24)25-17-11-6-12-18-25;1-2/h4-21H,1-3H3;1-2H3. The van der Waals surface area contributed by atoms with Gasteiger partial charge in [-0.2, -0.15) is 5.10 Å². The zero-order valence-corrected chi connectivity index (χ0v) is 21.1. The molecule has 0 fully saturated rings. The van der Waals surface area contributed by atoms with Crippen LogP contribution in [0, 0.1) is 6.92 Å². The highest BCUT2D eigenvalue weighted by Crippen LogP contribution is 2.43. The highest BCUT2D eigenvalue weighted by molar-refractivity contribution is 5.87. The molecule has 0 aliphatic carbocycles. The van der Waals surface area contributed by atoms with Crippen molar-refractivity contribution < 1.29 is 4.74 Å². The number of hydrogen-bond acceptors (Lipinski definition) is 3. The summed E-state index contributed by atoms with van der Waals surface area (Å²) in [7, 11) is 0. The van der Waals surface area contributed by atoms with Crippen molar-refractivity contribution in [1.29, 1.82) is 0 Å². The molecule has 0 radical (unpaired) electrons. The fourth-order valence-electron chi connectivity index (χ4n) is 4.68. The van der Waals surface area contributed by atoms with E-state index in [4.69, 9.17) is 9.84 Å². The van der Waals surface area contributed by atoms with E-state index in [1.165, 1.54) is 0 Å². The van der Waals surface area contributed by atoms with Crippen molar-refractivity contribution in [2.24, 2.45) is 0 Å². The third-order valence-electron chi connectivity index (χ3n) is 5.97. The molecule has 35 heavy (non-hydrogen) atoms. The third kappa shape index (κ3) is 4.32. The molecule has 2 heterocycles. The maximum absolute atomic E-state index is 6.09. The van der Waals surface area contributed by atoms with Gasteiger partial charge in [-0.05, 0) is 43.5 Å². The van der Waals surface area contributed by atoms with Crippen LogP contribution in [0.25, 0.3) is 10.9 Å². The molecule has 3 aromatic carbocycles. The van der Waals surface area contributed by atoms with E-state index in [1.807, 2.05) is 46.9 Å². The average Bonchev–Trinajstić information content (AvgIpc) is 3.25. The van der Waals surface area contributed by atoms with Gasteiger partial charge in [-0.15, -0.1) is 0 Å². The van der Waals surface area contributed by atoms with Gasteiger partial charge in [-0.25, -0.2) is 9.67 Å². The van der Waals surface area contributed by atoms with Crippen LogP contribution in [-0.2, 0) is 5.54 Å². The lowest BCUT2D eigenvalue weighted by molar-refractivity contribution is 0.236. The van der Waals surface area contributed by atoms with Crippen molar-refractivity contribution >= 4 is 10.9 Å². The Balaban J connectivity index is 0.00000141. The molecule has 5 aromatic rings. The zero-order chi connectivity index (χ0) is 24.8. The molecular weight excluding hydrogens is 430 g/mol. The fourth-order valence-corrected chi connectivity index (χ4v) is 4.68. The van der Waals surface area contributed by atoms with Gasteiger partial charge in [0.05, 0.1) is 22.7 Å². The lowest BCUT2D eigenvalue weighted by Crippen LogP contribution is -2.38. The molecule has 178 valence electrons. The van der Waals surface area contributed by atoms with Gasteiger partial charge in [-0.1, -0.05) is 105 Å². The summed E-state index contributed by atoms with van der Waals surface area (Å²) in [6, 6.07) is 33.8. The fraction of sp³-hybridized carbons (Fsp3) is 0.226. The summed E-state index contributed by atoms with van der Waals surface area (Å²) in [5, 5.41) is 6.10. The van der Waals surface area contributed by atoms with E-state index >= 15 is 0 Å². The van der Waals surface area contributed by atoms with Crippen LogP contribution in [-0.4, -0.2) is 20.9 Å². The number of nitrogens with zero attached hydrogens (tertiary/aromatic N) is 3. The minimum absolute atomic E-state index is 0.0213. The topological polar surface area (TPSA) is 39.9 Å². The molecule has 5 rings (SSSR count). The molecule has 0 saturated heterocycles. The normalized spacial score (nSPS) is 11.3. The number of aromatic nitrogens is 3. The van der Waals surface area contributed by atoms with Crippen molar-refractivity contribution in [3.8, 4) is 5.88 Å². The lowest BCUT2D eigenvalue weighted by atomic mass is 9.77. The van der Waals surface area contributed by atoms with Crippen LogP contribution in [0.2, 0.25) is 0 Å². The molecule has 0 aliphatic heterocycles. The second-order valence-corrected chi connectivity index (χ2v) is 8.48. The highest BCUT2D eigenvalue weighted by Gasteiger charge is 2.41. The van der Waals surface area contributed by atoms with E-state index in [0.717, 1.165) is 33.3 Å². The van der Waals surface area contributed by atoms with Crippen molar-refractivity contribution in [1.82, 2.24) is 14.8 Å². The van der Waals surface area contributed by atoms with E-state index < -0.39 is 5.54 Å². The smallest absolute Gasteiger partial charge is 0.225 e. The van der Waals surface area contributed by atoms with Crippen LogP contribution in [0.1, 0.15) is 50.1 Å². The van der Waals surface area contributed by atoms with Crippen LogP contribution in [0.15, 0.2) is 103 Å². The maximum Gasteiger partial charge on any atom is 0.225 e. The number of pyridine rings is 1. The molecule has 0 aliphatic rings. The summed E-state index contributed by atoms with van der Waals surface area (Å²) in [6.07, 6.45) is 1.83. The molecule has 0 saturated carbocycles. The summed E-state index contributed by atoms with van der Waals surface area (Å²) < 4.78 is 8.23. The molecular formula is C31H33N3O. The number of aryl methyl sites for hydroxylation is 1. The van der Waals surface area contributed by atoms with Gasteiger partial charge in [0.25, 0.3) is 0 Å². The first-order valence-electron chi connectivity index (χ1n) is 12.3. The van der Waals surface area contributed by atoms with Crippen LogP contribution in [0.4, 0.5) is 0 Å². The first-order valence-corrected chi connectivity index (χ1v) is 12.3. The van der Waals surface area contributed by atoms with Crippen molar-refractivity contribution in [3.63, 3.8) is 0 Å². The SMILES string of the molecule is CC.Cc1nn(C(c2ccccc2)(c2ccccc2)c2ccccc2)c2ccnc(OC(C)C)c12. The first kappa shape index (κ1) is 24.2. The summed E-state index contributed by atoms with van der Waals surface area (Å²) in [5.41, 5.74) is 4.60. The minimum Gasteiger partial charge on any atom is -0.474 e. The molecule has 0 spiro atoms. The molecule has 4 heteroatoms. The molecule has 0 N–H and O–H groups in total. The zero-order valence-electron chi connectivity index (χ0n) is 21.1. The van der Waals surface area contributed by atoms with E-state index in [-0.39, 0.29) is 6.10 Å². The Morgan fingerprint density at radius 3 is 1.60 bits per heavy atom. The number of ether oxygens (including phenoxy) is 1. The van der Waals surface area contributed by atoms with E-state index in [1.54, 1.807) is 0 Å². The quantitative estimate of drug-likeness (QED) is 0.246. The van der Waals surface area contributed by atoms with Gasteiger partial charge >= 0.3 is 0 Å². The van der Waals surface area contributed by atoms with Crippen molar-refractivity contribution in [2.75, 3.05) is 0 Å². The van der Waals surface area contributed by atoms with Crippen molar-refractivity contribution in [3.05, 3.63) is 126 Å². The lowest BCUT2D eigenvalue weighted by Gasteiger charge is -2.37. The monoisotopic (exact) mass is 463 g/mol. The number of benzene rings is 3. The third-order valence-corrected chi connectivity index (χ3v) is 5.97. The Morgan fingerprint density at radius 1 is 0.714 bits per heavy atom. The van der Waals surface area contributed by atoms with E-state index in [9.17, 15) is 0 Å². The number of rotatable bonds is 6. The minimum atomic E-state index is -0.674. The van der Waals surface area contributed by atoms with Crippen LogP contribution >= 0.6 is 0 Å². The van der Waals surface area contributed by atoms with Gasteiger partial charge in [0, 0.05) is 6.20 Å². The number of hydrogen-bond donors (Lipinski definition) is 0. The second-order valence-electron chi connectivity index (χ2n) is 8.48. The Morgan fingerprint density at radius 2 is 1.17 bits per heavy atom. The molecule has 2 aromatic heterocycles. The molecule has 4 nitrogen and oxygen atoms in total. The average molecular weight is 464 g/mol. The largest absolute Gasteiger partial charge is 0.474 e. The van der Waals surface area contributed by atoms with Gasteiger partial charge in [-0.3, -0.25) is 0 Å². The Kier molecular flexibility index (Phi) is 7.31.